The minimum atomic E-state index is -0.790. The van der Waals surface area contributed by atoms with Crippen LogP contribution in [0.25, 0.3) is 5.69 Å². The predicted molar refractivity (Wildman–Crippen MR) is 72.5 cm³/mol. The van der Waals surface area contributed by atoms with Gasteiger partial charge >= 0.3 is 5.69 Å². The van der Waals surface area contributed by atoms with Gasteiger partial charge in [-0.2, -0.15) is 9.78 Å². The summed E-state index contributed by atoms with van der Waals surface area (Å²) in [5, 5.41) is 3.64. The van der Waals surface area contributed by atoms with Crippen molar-refractivity contribution < 1.29 is 13.9 Å². The second-order valence-corrected chi connectivity index (χ2v) is 4.43. The topological polar surface area (TPSA) is 75.3 Å². The molecule has 1 heterocycles. The summed E-state index contributed by atoms with van der Waals surface area (Å²) in [4.78, 5) is 23.3. The molecular formula is C12H11ClFN3O4. The summed E-state index contributed by atoms with van der Waals surface area (Å²) < 4.78 is 25.4. The van der Waals surface area contributed by atoms with Crippen molar-refractivity contribution in [3.63, 3.8) is 0 Å². The van der Waals surface area contributed by atoms with E-state index in [-0.39, 0.29) is 23.3 Å². The first-order valence-corrected chi connectivity index (χ1v) is 6.10. The molecule has 112 valence electrons. The molecule has 0 fully saturated rings. The summed E-state index contributed by atoms with van der Waals surface area (Å²) in [6, 6.07) is 2.19. The van der Waals surface area contributed by atoms with Crippen LogP contribution in [0, 0.1) is 5.82 Å². The first-order chi connectivity index (χ1) is 9.95. The molecule has 0 saturated heterocycles. The first kappa shape index (κ1) is 15.2. The van der Waals surface area contributed by atoms with Crippen LogP contribution in [-0.4, -0.2) is 28.3 Å². The zero-order valence-corrected chi connectivity index (χ0v) is 11.9. The highest BCUT2D eigenvalue weighted by molar-refractivity contribution is 6.32. The quantitative estimate of drug-likeness (QED) is 0.777. The number of halogens is 2. The molecule has 1 aromatic heterocycles. The van der Waals surface area contributed by atoms with Crippen LogP contribution < -0.4 is 16.0 Å². The van der Waals surface area contributed by atoms with Crippen molar-refractivity contribution in [3.8, 4) is 11.4 Å². The number of benzene rings is 1. The minimum absolute atomic E-state index is 0.0196. The van der Waals surface area contributed by atoms with Crippen molar-refractivity contribution in [1.82, 2.24) is 14.3 Å². The van der Waals surface area contributed by atoms with Gasteiger partial charge < -0.3 is 9.47 Å². The molecule has 0 aliphatic heterocycles. The largest absolute Gasteiger partial charge is 0.466 e. The molecule has 0 radical (unpaired) electrons. The van der Waals surface area contributed by atoms with Gasteiger partial charge in [-0.3, -0.25) is 9.36 Å². The van der Waals surface area contributed by atoms with Gasteiger partial charge in [-0.25, -0.2) is 9.18 Å². The molecule has 2 aromatic rings. The molecule has 0 amide bonds. The van der Waals surface area contributed by atoms with Gasteiger partial charge in [-0.05, 0) is 6.07 Å². The predicted octanol–water partition coefficient (Wildman–Crippen LogP) is 0.706. The van der Waals surface area contributed by atoms with Crippen LogP contribution >= 0.6 is 11.6 Å². The van der Waals surface area contributed by atoms with Gasteiger partial charge in [0.25, 0.3) is 5.56 Å². The lowest BCUT2D eigenvalue weighted by Gasteiger charge is -2.11. The highest BCUT2D eigenvalue weighted by Crippen LogP contribution is 2.28. The Morgan fingerprint density at radius 1 is 1.38 bits per heavy atom. The lowest BCUT2D eigenvalue weighted by atomic mass is 10.3. The lowest BCUT2D eigenvalue weighted by molar-refractivity contribution is 0.0511. The fourth-order valence-corrected chi connectivity index (χ4v) is 1.76. The van der Waals surface area contributed by atoms with Crippen LogP contribution in [0.1, 0.15) is 0 Å². The number of hydrogen-bond donors (Lipinski definition) is 0. The van der Waals surface area contributed by atoms with Crippen LogP contribution in [0.4, 0.5) is 4.39 Å². The van der Waals surface area contributed by atoms with E-state index in [2.05, 4.69) is 5.10 Å². The Bertz CT molecular complexity index is 787. The monoisotopic (exact) mass is 315 g/mol. The minimum Gasteiger partial charge on any atom is -0.466 e. The number of nitrogens with zero attached hydrogens (tertiary/aromatic N) is 3. The van der Waals surface area contributed by atoms with E-state index in [1.54, 1.807) is 0 Å². The van der Waals surface area contributed by atoms with Crippen molar-refractivity contribution in [2.24, 2.45) is 7.05 Å². The number of ether oxygens (including phenoxy) is 2. The maximum Gasteiger partial charge on any atom is 0.352 e. The molecule has 21 heavy (non-hydrogen) atoms. The molecule has 1 aromatic carbocycles. The summed E-state index contributed by atoms with van der Waals surface area (Å²) in [5.41, 5.74) is -1.58. The van der Waals surface area contributed by atoms with Crippen LogP contribution in [0.5, 0.6) is 5.75 Å². The summed E-state index contributed by atoms with van der Waals surface area (Å²) in [7, 11) is 2.68. The first-order valence-electron chi connectivity index (χ1n) is 5.72. The smallest absolute Gasteiger partial charge is 0.352 e. The van der Waals surface area contributed by atoms with Crippen molar-refractivity contribution in [2.75, 3.05) is 13.9 Å². The van der Waals surface area contributed by atoms with E-state index in [9.17, 15) is 14.0 Å². The van der Waals surface area contributed by atoms with E-state index in [0.717, 1.165) is 21.5 Å². The molecule has 7 nitrogen and oxygen atoms in total. The van der Waals surface area contributed by atoms with Crippen molar-refractivity contribution in [2.45, 2.75) is 0 Å². The summed E-state index contributed by atoms with van der Waals surface area (Å²) in [6.45, 7) is -0.0968. The van der Waals surface area contributed by atoms with E-state index in [4.69, 9.17) is 21.1 Å². The zero-order valence-electron chi connectivity index (χ0n) is 11.2. The van der Waals surface area contributed by atoms with Crippen LogP contribution in [0.3, 0.4) is 0 Å². The van der Waals surface area contributed by atoms with E-state index in [1.807, 2.05) is 0 Å². The highest BCUT2D eigenvalue weighted by atomic mass is 35.5. The molecule has 0 unspecified atom stereocenters. The second-order valence-electron chi connectivity index (χ2n) is 4.02. The molecule has 2 rings (SSSR count). The lowest BCUT2D eigenvalue weighted by Crippen LogP contribution is -2.38. The van der Waals surface area contributed by atoms with E-state index in [0.29, 0.717) is 0 Å². The van der Waals surface area contributed by atoms with Gasteiger partial charge in [0.1, 0.15) is 17.6 Å². The summed E-state index contributed by atoms with van der Waals surface area (Å²) in [6.07, 6.45) is 0.908. The Kier molecular flexibility index (Phi) is 4.39. The number of methoxy groups -OCH3 is 1. The third-order valence-corrected chi connectivity index (χ3v) is 2.94. The Morgan fingerprint density at radius 2 is 2.10 bits per heavy atom. The standard InChI is InChI=1S/C12H11ClFN3O4/c1-16-11(18)5-15-17(12(16)19)9-4-10(21-6-20-2)7(13)3-8(9)14/h3-5H,6H2,1-2H3. The van der Waals surface area contributed by atoms with E-state index >= 15 is 0 Å². The number of aromatic nitrogens is 3. The average molecular weight is 316 g/mol. The summed E-state index contributed by atoms with van der Waals surface area (Å²) in [5.74, 6) is -0.657. The molecule has 0 aliphatic carbocycles. The molecule has 0 saturated carbocycles. The van der Waals surface area contributed by atoms with Gasteiger partial charge in [-0.15, -0.1) is 0 Å². The van der Waals surface area contributed by atoms with Crippen molar-refractivity contribution in [3.05, 3.63) is 50.0 Å². The molecule has 0 N–H and O–H groups in total. The van der Waals surface area contributed by atoms with Gasteiger partial charge in [0.2, 0.25) is 0 Å². The average Bonchev–Trinajstić information content (AvgIpc) is 2.45. The highest BCUT2D eigenvalue weighted by Gasteiger charge is 2.15. The van der Waals surface area contributed by atoms with Gasteiger partial charge in [-0.1, -0.05) is 11.6 Å². The van der Waals surface area contributed by atoms with E-state index in [1.165, 1.54) is 20.2 Å². The molecule has 0 spiro atoms. The molecular weight excluding hydrogens is 305 g/mol. The second kappa shape index (κ2) is 6.06. The van der Waals surface area contributed by atoms with Crippen molar-refractivity contribution in [1.29, 1.82) is 0 Å². The zero-order chi connectivity index (χ0) is 15.6. The van der Waals surface area contributed by atoms with Crippen molar-refractivity contribution >= 4 is 11.6 Å². The van der Waals surface area contributed by atoms with Crippen LogP contribution in [0.2, 0.25) is 5.02 Å². The third kappa shape index (κ3) is 2.96. The number of hydrogen-bond acceptors (Lipinski definition) is 5. The SMILES string of the molecule is COCOc1cc(-n2ncc(=O)n(C)c2=O)c(F)cc1Cl. The fraction of sp³-hybridized carbons (Fsp3) is 0.250. The Hall–Kier alpha value is -2.19. The third-order valence-electron chi connectivity index (χ3n) is 2.64. The Labute approximate surface area is 123 Å². The Morgan fingerprint density at radius 3 is 2.76 bits per heavy atom. The molecule has 9 heteroatoms. The molecule has 0 atom stereocenters. The van der Waals surface area contributed by atoms with Crippen LogP contribution in [-0.2, 0) is 11.8 Å². The maximum absolute atomic E-state index is 14.0. The number of rotatable bonds is 4. The summed E-state index contributed by atoms with van der Waals surface area (Å²) >= 11 is 5.84. The maximum atomic E-state index is 14.0. The molecule has 0 aliphatic rings. The van der Waals surface area contributed by atoms with Crippen LogP contribution in [0.15, 0.2) is 27.9 Å². The van der Waals surface area contributed by atoms with Gasteiger partial charge in [0.15, 0.2) is 12.6 Å². The fourth-order valence-electron chi connectivity index (χ4n) is 1.56. The molecule has 0 bridgehead atoms. The van der Waals surface area contributed by atoms with Gasteiger partial charge in [0.05, 0.1) is 5.02 Å². The van der Waals surface area contributed by atoms with E-state index < -0.39 is 17.1 Å². The Balaban J connectivity index is 2.61. The van der Waals surface area contributed by atoms with Gasteiger partial charge in [0, 0.05) is 20.2 Å². The normalized spacial score (nSPS) is 10.7.